The smallest absolute Gasteiger partial charge is 0.303 e. The van der Waals surface area contributed by atoms with Gasteiger partial charge in [-0.25, -0.2) is 0 Å². The fourth-order valence-electron chi connectivity index (χ4n) is 2.31. The van der Waals surface area contributed by atoms with Gasteiger partial charge in [-0.1, -0.05) is 53.8 Å². The van der Waals surface area contributed by atoms with Gasteiger partial charge in [-0.15, -0.1) is 0 Å². The lowest BCUT2D eigenvalue weighted by Crippen LogP contribution is -2.21. The van der Waals surface area contributed by atoms with Crippen LogP contribution in [0.2, 0.25) is 5.02 Å². The molecule has 0 amide bonds. The molecule has 0 aromatic heterocycles. The van der Waals surface area contributed by atoms with Crippen molar-refractivity contribution in [2.75, 3.05) is 0 Å². The van der Waals surface area contributed by atoms with E-state index in [0.29, 0.717) is 5.02 Å². The first-order valence-electron chi connectivity index (χ1n) is 7.28. The highest BCUT2D eigenvalue weighted by atomic mass is 35.5. The molecule has 0 bridgehead atoms. The summed E-state index contributed by atoms with van der Waals surface area (Å²) in [6.45, 7) is 1.37. The third kappa shape index (κ3) is 4.13. The van der Waals surface area contributed by atoms with Gasteiger partial charge in [0.05, 0.1) is 0 Å². The molecular formula is C19H15ClO3. The standard InChI is InChI=1S/C19H15ClO3/c1-13(21)22-17(12-7-14-5-3-2-4-6-14)19-18(23-19)15-8-10-16(20)11-9-15/h2-6,8-11,17-19H,1H3/t17?,18-,19-/m1/s1. The van der Waals surface area contributed by atoms with Crippen LogP contribution in [0.25, 0.3) is 0 Å². The van der Waals surface area contributed by atoms with Gasteiger partial charge >= 0.3 is 5.97 Å². The first-order chi connectivity index (χ1) is 11.1. The number of ether oxygens (including phenoxy) is 2. The molecule has 3 nitrogen and oxygen atoms in total. The average molecular weight is 327 g/mol. The van der Waals surface area contributed by atoms with Gasteiger partial charge in [-0.05, 0) is 29.8 Å². The molecule has 1 fully saturated rings. The van der Waals surface area contributed by atoms with Crippen LogP contribution in [-0.4, -0.2) is 18.2 Å². The highest BCUT2D eigenvalue weighted by Crippen LogP contribution is 2.41. The molecule has 1 aliphatic rings. The molecule has 0 saturated carbocycles. The molecule has 0 spiro atoms. The summed E-state index contributed by atoms with van der Waals surface area (Å²) < 4.78 is 11.0. The lowest BCUT2D eigenvalue weighted by molar-refractivity contribution is -0.144. The van der Waals surface area contributed by atoms with Crippen molar-refractivity contribution in [1.29, 1.82) is 0 Å². The van der Waals surface area contributed by atoms with E-state index in [9.17, 15) is 4.79 Å². The zero-order valence-corrected chi connectivity index (χ0v) is 13.3. The Bertz CT molecular complexity index is 744. The van der Waals surface area contributed by atoms with Crippen molar-refractivity contribution in [2.24, 2.45) is 0 Å². The second-order valence-corrected chi connectivity index (χ2v) is 5.67. The van der Waals surface area contributed by atoms with Crippen LogP contribution >= 0.6 is 11.6 Å². The monoisotopic (exact) mass is 326 g/mol. The number of esters is 1. The van der Waals surface area contributed by atoms with E-state index >= 15 is 0 Å². The fourth-order valence-corrected chi connectivity index (χ4v) is 2.43. The molecule has 1 heterocycles. The number of benzene rings is 2. The lowest BCUT2D eigenvalue weighted by atomic mass is 10.1. The molecule has 4 heteroatoms. The van der Waals surface area contributed by atoms with Gasteiger partial charge in [0.25, 0.3) is 0 Å². The van der Waals surface area contributed by atoms with Crippen LogP contribution < -0.4 is 0 Å². The summed E-state index contributed by atoms with van der Waals surface area (Å²) in [5.74, 6) is 5.65. The van der Waals surface area contributed by atoms with E-state index in [4.69, 9.17) is 21.1 Å². The molecule has 23 heavy (non-hydrogen) atoms. The Labute approximate surface area is 140 Å². The Kier molecular flexibility index (Phi) is 4.66. The van der Waals surface area contributed by atoms with Crippen molar-refractivity contribution < 1.29 is 14.3 Å². The van der Waals surface area contributed by atoms with Crippen molar-refractivity contribution in [1.82, 2.24) is 0 Å². The summed E-state index contributed by atoms with van der Waals surface area (Å²) in [5.41, 5.74) is 1.87. The molecule has 116 valence electrons. The van der Waals surface area contributed by atoms with Gasteiger partial charge in [0.2, 0.25) is 0 Å². The van der Waals surface area contributed by atoms with Gasteiger partial charge in [0.1, 0.15) is 12.2 Å². The second kappa shape index (κ2) is 6.87. The van der Waals surface area contributed by atoms with Gasteiger partial charge in [-0.2, -0.15) is 0 Å². The molecule has 2 aromatic rings. The maximum atomic E-state index is 11.3. The molecule has 0 N–H and O–H groups in total. The maximum Gasteiger partial charge on any atom is 0.303 e. The molecule has 3 atom stereocenters. The Morgan fingerprint density at radius 1 is 1.17 bits per heavy atom. The molecule has 3 rings (SSSR count). The minimum absolute atomic E-state index is 0.123. The normalized spacial score (nSPS) is 20.1. The maximum absolute atomic E-state index is 11.3. The SMILES string of the molecule is CC(=O)OC(C#Cc1ccccc1)[C@H]1O[C@@H]1c1ccc(Cl)cc1. The highest BCUT2D eigenvalue weighted by molar-refractivity contribution is 6.30. The van der Waals surface area contributed by atoms with Crippen LogP contribution in [0.15, 0.2) is 54.6 Å². The Morgan fingerprint density at radius 2 is 1.87 bits per heavy atom. The predicted octanol–water partition coefficient (Wildman–Crippen LogP) is 3.76. The van der Waals surface area contributed by atoms with Crippen LogP contribution in [0.5, 0.6) is 0 Å². The van der Waals surface area contributed by atoms with Crippen LogP contribution in [0.3, 0.4) is 0 Å². The molecule has 2 aromatic carbocycles. The molecule has 0 radical (unpaired) electrons. The molecule has 0 aliphatic carbocycles. The highest BCUT2D eigenvalue weighted by Gasteiger charge is 2.47. The van der Waals surface area contributed by atoms with Gasteiger partial charge in [0.15, 0.2) is 6.10 Å². The van der Waals surface area contributed by atoms with Crippen molar-refractivity contribution in [2.45, 2.75) is 25.2 Å². The number of carbonyl (C=O) groups excluding carboxylic acids is 1. The number of hydrogen-bond acceptors (Lipinski definition) is 3. The van der Waals surface area contributed by atoms with E-state index in [1.807, 2.05) is 54.6 Å². The summed E-state index contributed by atoms with van der Waals surface area (Å²) >= 11 is 5.89. The fraction of sp³-hybridized carbons (Fsp3) is 0.211. The first kappa shape index (κ1) is 15.6. The van der Waals surface area contributed by atoms with Crippen LogP contribution in [0.4, 0.5) is 0 Å². The van der Waals surface area contributed by atoms with E-state index in [0.717, 1.165) is 11.1 Å². The lowest BCUT2D eigenvalue weighted by Gasteiger charge is -2.08. The van der Waals surface area contributed by atoms with Crippen molar-refractivity contribution in [3.63, 3.8) is 0 Å². The summed E-state index contributed by atoms with van der Waals surface area (Å²) in [7, 11) is 0. The van der Waals surface area contributed by atoms with Crippen LogP contribution in [-0.2, 0) is 14.3 Å². The summed E-state index contributed by atoms with van der Waals surface area (Å²) in [6, 6.07) is 17.0. The largest absolute Gasteiger partial charge is 0.446 e. The number of epoxide rings is 1. The second-order valence-electron chi connectivity index (χ2n) is 5.24. The van der Waals surface area contributed by atoms with Gasteiger partial charge < -0.3 is 9.47 Å². The van der Waals surface area contributed by atoms with E-state index in [2.05, 4.69) is 11.8 Å². The summed E-state index contributed by atoms with van der Waals surface area (Å²) in [4.78, 5) is 11.3. The van der Waals surface area contributed by atoms with Gasteiger partial charge in [0, 0.05) is 17.5 Å². The minimum Gasteiger partial charge on any atom is -0.446 e. The zero-order valence-electron chi connectivity index (χ0n) is 12.5. The number of rotatable bonds is 3. The summed E-state index contributed by atoms with van der Waals surface area (Å²) in [6.07, 6.45) is -0.966. The molecule has 1 aliphatic heterocycles. The number of carbonyl (C=O) groups is 1. The van der Waals surface area contributed by atoms with Crippen molar-refractivity contribution in [3.8, 4) is 11.8 Å². The van der Waals surface area contributed by atoms with E-state index in [1.165, 1.54) is 6.92 Å². The molecule has 1 saturated heterocycles. The summed E-state index contributed by atoms with van der Waals surface area (Å²) in [5, 5.41) is 0.673. The number of hydrogen-bond donors (Lipinski definition) is 0. The first-order valence-corrected chi connectivity index (χ1v) is 7.66. The van der Waals surface area contributed by atoms with E-state index < -0.39 is 6.10 Å². The third-order valence-electron chi connectivity index (χ3n) is 3.45. The Hall–Kier alpha value is -2.28. The number of halogens is 1. The Morgan fingerprint density at radius 3 is 2.52 bits per heavy atom. The average Bonchev–Trinajstić information content (AvgIpc) is 3.33. The van der Waals surface area contributed by atoms with Crippen LogP contribution in [0, 0.1) is 11.8 Å². The predicted molar refractivity (Wildman–Crippen MR) is 87.9 cm³/mol. The molecular weight excluding hydrogens is 312 g/mol. The van der Waals surface area contributed by atoms with E-state index in [-0.39, 0.29) is 18.2 Å². The van der Waals surface area contributed by atoms with Crippen molar-refractivity contribution >= 4 is 17.6 Å². The van der Waals surface area contributed by atoms with Crippen LogP contribution in [0.1, 0.15) is 24.2 Å². The van der Waals surface area contributed by atoms with Gasteiger partial charge in [-0.3, -0.25) is 4.79 Å². The van der Waals surface area contributed by atoms with E-state index in [1.54, 1.807) is 0 Å². The zero-order chi connectivity index (χ0) is 16.2. The third-order valence-corrected chi connectivity index (χ3v) is 3.70. The van der Waals surface area contributed by atoms with Crippen molar-refractivity contribution in [3.05, 3.63) is 70.7 Å². The Balaban J connectivity index is 1.75. The molecule has 1 unspecified atom stereocenters. The minimum atomic E-state index is -0.589. The quantitative estimate of drug-likeness (QED) is 0.489. The topological polar surface area (TPSA) is 38.8 Å².